The topological polar surface area (TPSA) is 15.3 Å². The molecule has 1 aliphatic carbocycles. The van der Waals surface area contributed by atoms with E-state index in [1.807, 2.05) is 11.3 Å². The van der Waals surface area contributed by atoms with Crippen LogP contribution in [0.15, 0.2) is 17.5 Å². The molecule has 1 aromatic rings. The highest BCUT2D eigenvalue weighted by Gasteiger charge is 2.22. The summed E-state index contributed by atoms with van der Waals surface area (Å²) in [6.45, 7) is 4.62. The Bertz CT molecular complexity index is 306. The third-order valence-corrected chi connectivity index (χ3v) is 4.54. The Labute approximate surface area is 109 Å². The molecule has 2 nitrogen and oxygen atoms in total. The molecule has 0 spiro atoms. The maximum atomic E-state index is 3.64. The van der Waals surface area contributed by atoms with E-state index in [-0.39, 0.29) is 0 Å². The van der Waals surface area contributed by atoms with Crippen LogP contribution < -0.4 is 5.32 Å². The van der Waals surface area contributed by atoms with Crippen LogP contribution in [0.25, 0.3) is 0 Å². The first-order valence-corrected chi connectivity index (χ1v) is 7.63. The van der Waals surface area contributed by atoms with Crippen molar-refractivity contribution in [3.8, 4) is 0 Å². The molecule has 1 fully saturated rings. The molecule has 1 saturated carbocycles. The van der Waals surface area contributed by atoms with Gasteiger partial charge in [-0.05, 0) is 44.2 Å². The van der Waals surface area contributed by atoms with Crippen LogP contribution >= 0.6 is 11.3 Å². The smallest absolute Gasteiger partial charge is 0.0215 e. The van der Waals surface area contributed by atoms with Gasteiger partial charge in [-0.15, -0.1) is 11.3 Å². The molecule has 0 saturated heterocycles. The predicted octanol–water partition coefficient (Wildman–Crippen LogP) is 2.75. The van der Waals surface area contributed by atoms with E-state index in [2.05, 4.69) is 41.7 Å². The molecular weight excluding hydrogens is 228 g/mol. The highest BCUT2D eigenvalue weighted by Crippen LogP contribution is 2.19. The van der Waals surface area contributed by atoms with Crippen LogP contribution in [-0.4, -0.2) is 37.1 Å². The van der Waals surface area contributed by atoms with Gasteiger partial charge in [0.2, 0.25) is 0 Å². The van der Waals surface area contributed by atoms with Crippen LogP contribution in [0.1, 0.15) is 31.1 Å². The molecule has 1 atom stereocenters. The SMILES string of the molecule is CCC(CNC1CC1)N(C)CCc1cccs1. The monoisotopic (exact) mass is 252 g/mol. The summed E-state index contributed by atoms with van der Waals surface area (Å²) in [6.07, 6.45) is 5.19. The third kappa shape index (κ3) is 4.41. The van der Waals surface area contributed by atoms with Crippen molar-refractivity contribution in [2.75, 3.05) is 20.1 Å². The first-order chi connectivity index (χ1) is 8.29. The Morgan fingerprint density at radius 1 is 1.53 bits per heavy atom. The van der Waals surface area contributed by atoms with Gasteiger partial charge in [0, 0.05) is 30.1 Å². The normalized spacial score (nSPS) is 17.6. The maximum Gasteiger partial charge on any atom is 0.0215 e. The minimum absolute atomic E-state index is 0.690. The van der Waals surface area contributed by atoms with E-state index in [0.717, 1.165) is 12.6 Å². The molecule has 1 heterocycles. The van der Waals surface area contributed by atoms with Crippen molar-refractivity contribution < 1.29 is 0 Å². The van der Waals surface area contributed by atoms with Crippen molar-refractivity contribution >= 4 is 11.3 Å². The fourth-order valence-electron chi connectivity index (χ4n) is 2.13. The van der Waals surface area contributed by atoms with Gasteiger partial charge in [0.05, 0.1) is 0 Å². The summed E-state index contributed by atoms with van der Waals surface area (Å²) in [5, 5.41) is 5.81. The average molecular weight is 252 g/mol. The average Bonchev–Trinajstić information content (AvgIpc) is 3.02. The summed E-state index contributed by atoms with van der Waals surface area (Å²) in [6, 6.07) is 5.90. The highest BCUT2D eigenvalue weighted by atomic mass is 32.1. The molecule has 0 bridgehead atoms. The van der Waals surface area contributed by atoms with Crippen LogP contribution in [0.5, 0.6) is 0 Å². The molecule has 1 N–H and O–H groups in total. The molecule has 0 radical (unpaired) electrons. The van der Waals surface area contributed by atoms with Crippen LogP contribution in [0.3, 0.4) is 0 Å². The first kappa shape index (κ1) is 13.1. The van der Waals surface area contributed by atoms with E-state index in [9.17, 15) is 0 Å². The predicted molar refractivity (Wildman–Crippen MR) is 75.8 cm³/mol. The zero-order valence-corrected chi connectivity index (χ0v) is 11.8. The van der Waals surface area contributed by atoms with Crippen molar-refractivity contribution in [2.45, 2.75) is 44.7 Å². The lowest BCUT2D eigenvalue weighted by atomic mass is 10.2. The molecular formula is C14H24N2S. The zero-order chi connectivity index (χ0) is 12.1. The second-order valence-electron chi connectivity index (χ2n) is 5.05. The highest BCUT2D eigenvalue weighted by molar-refractivity contribution is 7.09. The van der Waals surface area contributed by atoms with Crippen LogP contribution in [0, 0.1) is 0 Å². The maximum absolute atomic E-state index is 3.64. The van der Waals surface area contributed by atoms with Gasteiger partial charge in [-0.25, -0.2) is 0 Å². The number of hydrogen-bond acceptors (Lipinski definition) is 3. The molecule has 0 amide bonds. The second-order valence-corrected chi connectivity index (χ2v) is 6.09. The molecule has 0 aliphatic heterocycles. The number of rotatable bonds is 8. The Balaban J connectivity index is 1.69. The number of hydrogen-bond donors (Lipinski definition) is 1. The van der Waals surface area contributed by atoms with Gasteiger partial charge in [0.1, 0.15) is 0 Å². The lowest BCUT2D eigenvalue weighted by Crippen LogP contribution is -2.41. The number of nitrogens with one attached hydrogen (secondary N) is 1. The molecule has 0 aromatic carbocycles. The lowest BCUT2D eigenvalue weighted by Gasteiger charge is -2.27. The largest absolute Gasteiger partial charge is 0.312 e. The molecule has 17 heavy (non-hydrogen) atoms. The minimum atomic E-state index is 0.690. The van der Waals surface area contributed by atoms with Crippen LogP contribution in [0.2, 0.25) is 0 Å². The van der Waals surface area contributed by atoms with Gasteiger partial charge in [0.25, 0.3) is 0 Å². The third-order valence-electron chi connectivity index (χ3n) is 3.61. The fourth-order valence-corrected chi connectivity index (χ4v) is 2.82. The van der Waals surface area contributed by atoms with E-state index in [1.54, 1.807) is 0 Å². The Morgan fingerprint density at radius 3 is 2.94 bits per heavy atom. The fraction of sp³-hybridized carbons (Fsp3) is 0.714. The summed E-state index contributed by atoms with van der Waals surface area (Å²) in [5.74, 6) is 0. The van der Waals surface area contributed by atoms with Crippen molar-refractivity contribution in [1.82, 2.24) is 10.2 Å². The van der Waals surface area contributed by atoms with E-state index in [4.69, 9.17) is 0 Å². The lowest BCUT2D eigenvalue weighted by molar-refractivity contribution is 0.232. The van der Waals surface area contributed by atoms with Crippen LogP contribution in [0.4, 0.5) is 0 Å². The molecule has 3 heteroatoms. The summed E-state index contributed by atoms with van der Waals surface area (Å²) in [7, 11) is 2.26. The van der Waals surface area contributed by atoms with Crippen molar-refractivity contribution in [3.63, 3.8) is 0 Å². The van der Waals surface area contributed by atoms with Gasteiger partial charge >= 0.3 is 0 Å². The van der Waals surface area contributed by atoms with Gasteiger partial charge in [-0.1, -0.05) is 13.0 Å². The summed E-state index contributed by atoms with van der Waals surface area (Å²) >= 11 is 1.87. The minimum Gasteiger partial charge on any atom is -0.312 e. The second kappa shape index (κ2) is 6.53. The van der Waals surface area contributed by atoms with Gasteiger partial charge in [-0.2, -0.15) is 0 Å². The molecule has 1 aromatic heterocycles. The van der Waals surface area contributed by atoms with E-state index in [1.165, 1.54) is 37.1 Å². The van der Waals surface area contributed by atoms with E-state index < -0.39 is 0 Å². The Kier molecular flexibility index (Phi) is 5.01. The first-order valence-electron chi connectivity index (χ1n) is 6.75. The molecule has 1 unspecified atom stereocenters. The summed E-state index contributed by atoms with van der Waals surface area (Å²) < 4.78 is 0. The Hall–Kier alpha value is -0.380. The molecule has 1 aliphatic rings. The Morgan fingerprint density at radius 2 is 2.35 bits per heavy atom. The molecule has 2 rings (SSSR count). The summed E-state index contributed by atoms with van der Waals surface area (Å²) in [5.41, 5.74) is 0. The van der Waals surface area contributed by atoms with Crippen LogP contribution in [-0.2, 0) is 6.42 Å². The van der Waals surface area contributed by atoms with Gasteiger partial charge in [0.15, 0.2) is 0 Å². The number of likely N-dealkylation sites (N-methyl/N-ethyl adjacent to an activating group) is 1. The zero-order valence-electron chi connectivity index (χ0n) is 11.0. The van der Waals surface area contributed by atoms with Crippen molar-refractivity contribution in [2.24, 2.45) is 0 Å². The van der Waals surface area contributed by atoms with Crippen molar-refractivity contribution in [1.29, 1.82) is 0 Å². The van der Waals surface area contributed by atoms with Crippen molar-refractivity contribution in [3.05, 3.63) is 22.4 Å². The number of nitrogens with zero attached hydrogens (tertiary/aromatic N) is 1. The number of thiophene rings is 1. The molecule has 96 valence electrons. The van der Waals surface area contributed by atoms with E-state index >= 15 is 0 Å². The quantitative estimate of drug-likeness (QED) is 0.765. The van der Waals surface area contributed by atoms with Gasteiger partial charge in [-0.3, -0.25) is 0 Å². The summed E-state index contributed by atoms with van der Waals surface area (Å²) in [4.78, 5) is 4.01. The van der Waals surface area contributed by atoms with E-state index in [0.29, 0.717) is 6.04 Å². The standard InChI is InChI=1S/C14H24N2S/c1-3-13(11-15-12-6-7-12)16(2)9-8-14-5-4-10-17-14/h4-5,10,12-13,15H,3,6-9,11H2,1-2H3. The van der Waals surface area contributed by atoms with Gasteiger partial charge < -0.3 is 10.2 Å².